The van der Waals surface area contributed by atoms with Crippen LogP contribution in [0.5, 0.6) is 0 Å². The average Bonchev–Trinajstić information content (AvgIpc) is 2.61. The Hall–Kier alpha value is -0.810. The molecule has 25 heavy (non-hydrogen) atoms. The van der Waals surface area contributed by atoms with Crippen LogP contribution in [0.25, 0.3) is 0 Å². The lowest BCUT2D eigenvalue weighted by Crippen LogP contribution is -2.51. The van der Waals surface area contributed by atoms with Gasteiger partial charge >= 0.3 is 0 Å². The van der Waals surface area contributed by atoms with Crippen LogP contribution in [0.3, 0.4) is 0 Å². The Balaban J connectivity index is 1.81. The van der Waals surface area contributed by atoms with E-state index in [0.29, 0.717) is 18.1 Å². The Bertz CT molecular complexity index is 418. The Labute approximate surface area is 155 Å². The van der Waals surface area contributed by atoms with Crippen molar-refractivity contribution in [2.75, 3.05) is 39.8 Å². The minimum absolute atomic E-state index is 0.188. The number of nitrogens with zero attached hydrogens (tertiary/aromatic N) is 2. The highest BCUT2D eigenvalue weighted by molar-refractivity contribution is 5.79. The van der Waals surface area contributed by atoms with Gasteiger partial charge in [0.2, 0.25) is 0 Å². The van der Waals surface area contributed by atoms with Crippen LogP contribution in [-0.4, -0.2) is 62.8 Å². The van der Waals surface area contributed by atoms with E-state index in [1.54, 1.807) is 0 Å². The third-order valence-electron chi connectivity index (χ3n) is 5.71. The zero-order valence-electron chi connectivity index (χ0n) is 17.1. The van der Waals surface area contributed by atoms with E-state index in [1.807, 2.05) is 7.05 Å². The predicted molar refractivity (Wildman–Crippen MR) is 106 cm³/mol. The van der Waals surface area contributed by atoms with Gasteiger partial charge in [-0.2, -0.15) is 0 Å². The van der Waals surface area contributed by atoms with Crippen LogP contribution in [0.4, 0.5) is 0 Å². The van der Waals surface area contributed by atoms with E-state index in [0.717, 1.165) is 32.2 Å². The quantitative estimate of drug-likeness (QED) is 0.590. The predicted octanol–water partition coefficient (Wildman–Crippen LogP) is 2.87. The third-order valence-corrected chi connectivity index (χ3v) is 5.71. The first-order chi connectivity index (χ1) is 12.0. The SMILES string of the molecule is CCN1CCCCC1CNC(=NC)NCC1CCCOC1C(C)(C)C. The molecule has 2 aliphatic rings. The van der Waals surface area contributed by atoms with Gasteiger partial charge in [0.05, 0.1) is 6.10 Å². The lowest BCUT2D eigenvalue weighted by Gasteiger charge is -2.40. The van der Waals surface area contributed by atoms with Gasteiger partial charge in [0, 0.05) is 38.7 Å². The number of likely N-dealkylation sites (N-methyl/N-ethyl adjacent to an activating group) is 1. The van der Waals surface area contributed by atoms with Gasteiger partial charge in [0.1, 0.15) is 0 Å². The molecular weight excluding hydrogens is 312 g/mol. The average molecular weight is 353 g/mol. The van der Waals surface area contributed by atoms with Crippen molar-refractivity contribution in [3.63, 3.8) is 0 Å². The number of piperidine rings is 1. The Morgan fingerprint density at radius 3 is 2.56 bits per heavy atom. The van der Waals surface area contributed by atoms with Crippen LogP contribution in [0, 0.1) is 11.3 Å². The second-order valence-electron chi connectivity index (χ2n) is 8.67. The van der Waals surface area contributed by atoms with Crippen molar-refractivity contribution in [3.8, 4) is 0 Å². The first-order valence-corrected chi connectivity index (χ1v) is 10.3. The van der Waals surface area contributed by atoms with Crippen LogP contribution < -0.4 is 10.6 Å². The van der Waals surface area contributed by atoms with Crippen LogP contribution in [0.1, 0.15) is 59.8 Å². The van der Waals surface area contributed by atoms with Gasteiger partial charge in [0.25, 0.3) is 0 Å². The molecule has 0 aromatic rings. The monoisotopic (exact) mass is 352 g/mol. The standard InChI is InChI=1S/C20H40N4O/c1-6-24-12-8-7-11-17(24)15-23-19(21-5)22-14-16-10-9-13-25-18(16)20(2,3)4/h16-18H,6-15H2,1-5H3,(H2,21,22,23). The summed E-state index contributed by atoms with van der Waals surface area (Å²) in [6.07, 6.45) is 6.70. The molecule has 2 aliphatic heterocycles. The van der Waals surface area contributed by atoms with Crippen molar-refractivity contribution in [1.29, 1.82) is 0 Å². The van der Waals surface area contributed by atoms with E-state index >= 15 is 0 Å². The lowest BCUT2D eigenvalue weighted by molar-refractivity contribution is -0.0835. The number of rotatable bonds is 5. The molecule has 0 saturated carbocycles. The Kier molecular flexibility index (Phi) is 8.01. The number of aliphatic imine (C=N–C) groups is 1. The molecular formula is C20H40N4O. The number of guanidine groups is 1. The summed E-state index contributed by atoms with van der Waals surface area (Å²) in [6.45, 7) is 14.3. The van der Waals surface area contributed by atoms with E-state index in [2.05, 4.69) is 48.2 Å². The smallest absolute Gasteiger partial charge is 0.191 e. The van der Waals surface area contributed by atoms with Gasteiger partial charge in [0.15, 0.2) is 5.96 Å². The summed E-state index contributed by atoms with van der Waals surface area (Å²) in [6, 6.07) is 0.637. The van der Waals surface area contributed by atoms with Crippen molar-refractivity contribution in [2.24, 2.45) is 16.3 Å². The molecule has 0 amide bonds. The summed E-state index contributed by atoms with van der Waals surface area (Å²) in [5, 5.41) is 7.11. The summed E-state index contributed by atoms with van der Waals surface area (Å²) < 4.78 is 6.10. The van der Waals surface area contributed by atoms with Crippen molar-refractivity contribution >= 4 is 5.96 Å². The molecule has 0 aromatic carbocycles. The maximum absolute atomic E-state index is 6.10. The van der Waals surface area contributed by atoms with E-state index in [9.17, 15) is 0 Å². The molecule has 3 atom stereocenters. The summed E-state index contributed by atoms with van der Waals surface area (Å²) in [7, 11) is 1.87. The number of likely N-dealkylation sites (tertiary alicyclic amines) is 1. The zero-order chi connectivity index (χ0) is 18.3. The highest BCUT2D eigenvalue weighted by atomic mass is 16.5. The van der Waals surface area contributed by atoms with Crippen LogP contribution >= 0.6 is 0 Å². The minimum atomic E-state index is 0.188. The zero-order valence-corrected chi connectivity index (χ0v) is 17.1. The fourth-order valence-electron chi connectivity index (χ4n) is 4.38. The fourth-order valence-corrected chi connectivity index (χ4v) is 4.38. The minimum Gasteiger partial charge on any atom is -0.377 e. The van der Waals surface area contributed by atoms with E-state index in [4.69, 9.17) is 4.74 Å². The summed E-state index contributed by atoms with van der Waals surface area (Å²) >= 11 is 0. The normalized spacial score (nSPS) is 29.5. The van der Waals surface area contributed by atoms with Gasteiger partial charge in [-0.1, -0.05) is 34.1 Å². The second kappa shape index (κ2) is 9.77. The molecule has 0 spiro atoms. The van der Waals surface area contributed by atoms with Gasteiger partial charge in [-0.15, -0.1) is 0 Å². The van der Waals surface area contributed by atoms with Gasteiger partial charge in [-0.05, 0) is 44.2 Å². The largest absolute Gasteiger partial charge is 0.377 e. The molecule has 2 fully saturated rings. The molecule has 5 heteroatoms. The third kappa shape index (κ3) is 6.14. The molecule has 0 radical (unpaired) electrons. The van der Waals surface area contributed by atoms with E-state index in [1.165, 1.54) is 38.6 Å². The molecule has 2 heterocycles. The molecule has 5 nitrogen and oxygen atoms in total. The van der Waals surface area contributed by atoms with Crippen LogP contribution in [0.15, 0.2) is 4.99 Å². The second-order valence-corrected chi connectivity index (χ2v) is 8.67. The highest BCUT2D eigenvalue weighted by Gasteiger charge is 2.35. The summed E-state index contributed by atoms with van der Waals surface area (Å²) in [4.78, 5) is 7.02. The number of hydrogen-bond acceptors (Lipinski definition) is 3. The summed E-state index contributed by atoms with van der Waals surface area (Å²) in [5.41, 5.74) is 0.188. The van der Waals surface area contributed by atoms with Crippen molar-refractivity contribution in [2.45, 2.75) is 71.9 Å². The van der Waals surface area contributed by atoms with Gasteiger partial charge in [-0.25, -0.2) is 0 Å². The van der Waals surface area contributed by atoms with E-state index in [-0.39, 0.29) is 5.41 Å². The molecule has 0 aromatic heterocycles. The van der Waals surface area contributed by atoms with E-state index < -0.39 is 0 Å². The van der Waals surface area contributed by atoms with Gasteiger partial charge in [-0.3, -0.25) is 9.89 Å². The first-order valence-electron chi connectivity index (χ1n) is 10.3. The van der Waals surface area contributed by atoms with Gasteiger partial charge < -0.3 is 15.4 Å². The maximum atomic E-state index is 6.10. The maximum Gasteiger partial charge on any atom is 0.191 e. The highest BCUT2D eigenvalue weighted by Crippen LogP contribution is 2.33. The number of ether oxygens (including phenoxy) is 1. The van der Waals surface area contributed by atoms with Crippen molar-refractivity contribution < 1.29 is 4.74 Å². The molecule has 2 saturated heterocycles. The molecule has 0 bridgehead atoms. The van der Waals surface area contributed by atoms with Crippen molar-refractivity contribution in [3.05, 3.63) is 0 Å². The van der Waals surface area contributed by atoms with Crippen molar-refractivity contribution in [1.82, 2.24) is 15.5 Å². The number of nitrogens with one attached hydrogen (secondary N) is 2. The molecule has 2 rings (SSSR count). The molecule has 3 unspecified atom stereocenters. The Morgan fingerprint density at radius 2 is 1.88 bits per heavy atom. The summed E-state index contributed by atoms with van der Waals surface area (Å²) in [5.74, 6) is 1.48. The fraction of sp³-hybridized carbons (Fsp3) is 0.950. The topological polar surface area (TPSA) is 48.9 Å². The van der Waals surface area contributed by atoms with Crippen LogP contribution in [-0.2, 0) is 4.74 Å². The Morgan fingerprint density at radius 1 is 1.12 bits per heavy atom. The molecule has 146 valence electrons. The molecule has 2 N–H and O–H groups in total. The lowest BCUT2D eigenvalue weighted by atomic mass is 9.78. The van der Waals surface area contributed by atoms with Crippen LogP contribution in [0.2, 0.25) is 0 Å². The first kappa shape index (κ1) is 20.5. The number of hydrogen-bond donors (Lipinski definition) is 2. The molecule has 0 aliphatic carbocycles.